The first-order chi connectivity index (χ1) is 23.1. The molecule has 5 rings (SSSR count). The number of aromatic nitrogens is 2. The summed E-state index contributed by atoms with van der Waals surface area (Å²) in [4.78, 5) is 42.7. The van der Waals surface area contributed by atoms with Crippen LogP contribution < -0.4 is 25.1 Å². The molecule has 0 aliphatic heterocycles. The molecule has 0 bridgehead atoms. The zero-order chi connectivity index (χ0) is 34.4. The van der Waals surface area contributed by atoms with Gasteiger partial charge in [0.15, 0.2) is 18.2 Å². The average molecular weight is 650 g/mol. The van der Waals surface area contributed by atoms with E-state index in [1.54, 1.807) is 48.5 Å². The van der Waals surface area contributed by atoms with Crippen LogP contribution in [-0.2, 0) is 4.79 Å². The topological polar surface area (TPSA) is 147 Å². The van der Waals surface area contributed by atoms with Crippen molar-refractivity contribution in [3.05, 3.63) is 116 Å². The molecule has 1 amide bonds. The Kier molecular flexibility index (Phi) is 10.1. The van der Waals surface area contributed by atoms with Crippen molar-refractivity contribution in [2.75, 3.05) is 25.6 Å². The third kappa shape index (κ3) is 7.17. The second-order valence-corrected chi connectivity index (χ2v) is 11.1. The van der Waals surface area contributed by atoms with Gasteiger partial charge in [-0.3, -0.25) is 19.7 Å². The zero-order valence-corrected chi connectivity index (χ0v) is 27.2. The van der Waals surface area contributed by atoms with Crippen LogP contribution in [0.4, 0.5) is 11.4 Å². The predicted molar refractivity (Wildman–Crippen MR) is 185 cm³/mol. The molecule has 4 aromatic carbocycles. The highest BCUT2D eigenvalue weighted by Crippen LogP contribution is 2.38. The number of hydrogen-bond acceptors (Lipinski definition) is 9. The maximum atomic E-state index is 13.9. The van der Waals surface area contributed by atoms with Crippen LogP contribution in [-0.4, -0.2) is 47.0 Å². The molecule has 0 unspecified atom stereocenters. The van der Waals surface area contributed by atoms with Gasteiger partial charge in [-0.2, -0.15) is 9.78 Å². The Morgan fingerprint density at radius 2 is 1.77 bits per heavy atom. The van der Waals surface area contributed by atoms with Gasteiger partial charge in [0.25, 0.3) is 11.5 Å². The summed E-state index contributed by atoms with van der Waals surface area (Å²) in [7, 11) is 1.33. The molecule has 5 aromatic rings. The number of nitrogens with one attached hydrogen (secondary N) is 1. The number of carbonyl (C=O) groups excluding carboxylic acids is 1. The Morgan fingerprint density at radius 1 is 1.04 bits per heavy atom. The molecule has 0 fully saturated rings. The number of fused-ring (bicyclic) bond motifs is 1. The highest BCUT2D eigenvalue weighted by molar-refractivity contribution is 5.92. The van der Waals surface area contributed by atoms with E-state index in [9.17, 15) is 19.7 Å². The monoisotopic (exact) mass is 649 g/mol. The van der Waals surface area contributed by atoms with E-state index >= 15 is 0 Å². The lowest BCUT2D eigenvalue weighted by Gasteiger charge is -2.18. The minimum absolute atomic E-state index is 0.00583. The lowest BCUT2D eigenvalue weighted by atomic mass is 9.96. The SMILES string of the molecule is CCOc1cc(C)c(-c2nc3ccccc3c(=O)n2N=Cc2cc(OC)c(OCC(=O)Nc3ccccc3)c([N+](=O)[O-])c2)cc1C(C)C. The van der Waals surface area contributed by atoms with Crippen molar-refractivity contribution >= 4 is 34.4 Å². The molecule has 0 spiro atoms. The first kappa shape index (κ1) is 33.3. The van der Waals surface area contributed by atoms with Crippen LogP contribution in [0.25, 0.3) is 22.3 Å². The molecule has 0 aliphatic carbocycles. The summed E-state index contributed by atoms with van der Waals surface area (Å²) in [5.41, 5.74) is 2.89. The Hall–Kier alpha value is -6.04. The summed E-state index contributed by atoms with van der Waals surface area (Å²) >= 11 is 0. The lowest BCUT2D eigenvalue weighted by molar-refractivity contribution is -0.385. The standard InChI is InChI=1S/C36H35N5O7/c1-6-47-31-16-23(4)28(19-27(31)22(2)3)35-39-29-15-11-10-14-26(29)36(43)40(35)37-20-24-17-30(41(44)45)34(32(18-24)46-5)48-21-33(42)38-25-12-8-7-9-13-25/h7-20,22H,6,21H2,1-5H3,(H,38,42). The minimum Gasteiger partial charge on any atom is -0.494 e. The number of amides is 1. The number of carbonyl (C=O) groups is 1. The number of ether oxygens (including phenoxy) is 3. The van der Waals surface area contributed by atoms with Crippen molar-refractivity contribution in [1.82, 2.24) is 9.66 Å². The molecule has 0 saturated heterocycles. The van der Waals surface area contributed by atoms with Gasteiger partial charge in [-0.05, 0) is 73.4 Å². The number of aryl methyl sites for hydroxylation is 1. The second-order valence-electron chi connectivity index (χ2n) is 11.1. The van der Waals surface area contributed by atoms with Gasteiger partial charge in [0.1, 0.15) is 5.75 Å². The largest absolute Gasteiger partial charge is 0.494 e. The molecule has 246 valence electrons. The van der Waals surface area contributed by atoms with Crippen LogP contribution in [0.2, 0.25) is 0 Å². The van der Waals surface area contributed by atoms with Crippen molar-refractivity contribution in [3.8, 4) is 28.6 Å². The Bertz CT molecular complexity index is 2070. The van der Waals surface area contributed by atoms with Crippen molar-refractivity contribution in [3.63, 3.8) is 0 Å². The summed E-state index contributed by atoms with van der Waals surface area (Å²) in [6.07, 6.45) is 1.32. The second kappa shape index (κ2) is 14.6. The van der Waals surface area contributed by atoms with Crippen molar-refractivity contribution in [1.29, 1.82) is 0 Å². The predicted octanol–water partition coefficient (Wildman–Crippen LogP) is 6.71. The van der Waals surface area contributed by atoms with Gasteiger partial charge in [0, 0.05) is 22.9 Å². The lowest BCUT2D eigenvalue weighted by Crippen LogP contribution is -2.21. The summed E-state index contributed by atoms with van der Waals surface area (Å²) in [6, 6.07) is 22.3. The highest BCUT2D eigenvalue weighted by atomic mass is 16.6. The fourth-order valence-corrected chi connectivity index (χ4v) is 5.17. The van der Waals surface area contributed by atoms with Gasteiger partial charge >= 0.3 is 5.69 Å². The van der Waals surface area contributed by atoms with Gasteiger partial charge in [0.2, 0.25) is 5.75 Å². The highest BCUT2D eigenvalue weighted by Gasteiger charge is 2.24. The molecule has 12 nitrogen and oxygen atoms in total. The fourth-order valence-electron chi connectivity index (χ4n) is 5.17. The van der Waals surface area contributed by atoms with Crippen LogP contribution in [0.3, 0.4) is 0 Å². The zero-order valence-electron chi connectivity index (χ0n) is 27.2. The minimum atomic E-state index is -0.643. The number of benzene rings is 4. The van der Waals surface area contributed by atoms with E-state index in [0.717, 1.165) is 16.9 Å². The Morgan fingerprint density at radius 3 is 2.46 bits per heavy atom. The average Bonchev–Trinajstić information content (AvgIpc) is 3.07. The van der Waals surface area contributed by atoms with Crippen LogP contribution in [0.1, 0.15) is 43.4 Å². The molecule has 12 heteroatoms. The first-order valence-corrected chi connectivity index (χ1v) is 15.3. The number of para-hydroxylation sites is 2. The number of rotatable bonds is 12. The summed E-state index contributed by atoms with van der Waals surface area (Å²) in [5, 5.41) is 19.7. The molecule has 0 saturated carbocycles. The number of nitro benzene ring substituents is 1. The molecular weight excluding hydrogens is 614 g/mol. The number of nitro groups is 1. The maximum absolute atomic E-state index is 13.9. The van der Waals surface area contributed by atoms with Gasteiger partial charge in [-0.25, -0.2) is 4.98 Å². The van der Waals surface area contributed by atoms with Crippen LogP contribution >= 0.6 is 0 Å². The van der Waals surface area contributed by atoms with Crippen molar-refractivity contribution in [2.45, 2.75) is 33.6 Å². The molecule has 1 aromatic heterocycles. The van der Waals surface area contributed by atoms with Crippen LogP contribution in [0.5, 0.6) is 17.2 Å². The number of methoxy groups -OCH3 is 1. The Balaban J connectivity index is 1.57. The first-order valence-electron chi connectivity index (χ1n) is 15.3. The molecule has 48 heavy (non-hydrogen) atoms. The summed E-state index contributed by atoms with van der Waals surface area (Å²) in [6.45, 7) is 7.94. The smallest absolute Gasteiger partial charge is 0.315 e. The molecule has 0 aliphatic rings. The quantitative estimate of drug-likeness (QED) is 0.0891. The third-order valence-corrected chi connectivity index (χ3v) is 7.47. The van der Waals surface area contributed by atoms with E-state index in [4.69, 9.17) is 19.2 Å². The van der Waals surface area contributed by atoms with Crippen molar-refractivity contribution in [2.24, 2.45) is 5.10 Å². The van der Waals surface area contributed by atoms with E-state index in [1.807, 2.05) is 32.0 Å². The van der Waals surface area contributed by atoms with E-state index in [-0.39, 0.29) is 23.0 Å². The van der Waals surface area contributed by atoms with E-state index in [1.165, 1.54) is 30.1 Å². The molecule has 0 atom stereocenters. The van der Waals surface area contributed by atoms with Gasteiger partial charge in [0.05, 0.1) is 35.8 Å². The fraction of sp³-hybridized carbons (Fsp3) is 0.222. The van der Waals surface area contributed by atoms with Crippen LogP contribution in [0.15, 0.2) is 88.8 Å². The van der Waals surface area contributed by atoms with Gasteiger partial charge in [-0.15, -0.1) is 0 Å². The van der Waals surface area contributed by atoms with Gasteiger partial charge < -0.3 is 19.5 Å². The maximum Gasteiger partial charge on any atom is 0.315 e. The number of anilines is 1. The summed E-state index contributed by atoms with van der Waals surface area (Å²) < 4.78 is 18.1. The van der Waals surface area contributed by atoms with E-state index < -0.39 is 28.7 Å². The normalized spacial score (nSPS) is 11.2. The van der Waals surface area contributed by atoms with E-state index in [2.05, 4.69) is 24.3 Å². The van der Waals surface area contributed by atoms with Crippen molar-refractivity contribution < 1.29 is 23.9 Å². The van der Waals surface area contributed by atoms with E-state index in [0.29, 0.717) is 34.6 Å². The Labute approximate surface area is 276 Å². The number of hydrogen-bond donors (Lipinski definition) is 1. The third-order valence-electron chi connectivity index (χ3n) is 7.47. The van der Waals surface area contributed by atoms with Gasteiger partial charge in [-0.1, -0.05) is 44.2 Å². The number of nitrogens with zero attached hydrogens (tertiary/aromatic N) is 4. The van der Waals surface area contributed by atoms with Crippen LogP contribution in [0, 0.1) is 17.0 Å². The molecular formula is C36H35N5O7. The summed E-state index contributed by atoms with van der Waals surface area (Å²) in [5.74, 6) is 0.442. The molecule has 0 radical (unpaired) electrons. The molecule has 1 heterocycles. The molecule has 1 N–H and O–H groups in total.